The minimum Gasteiger partial charge on any atom is -0.377 e. The molecule has 2 amide bonds. The number of anilines is 1. The molecule has 0 saturated carbocycles. The number of ether oxygens (including phenoxy) is 1. The van der Waals surface area contributed by atoms with Gasteiger partial charge in [0.05, 0.1) is 12.1 Å². The summed E-state index contributed by atoms with van der Waals surface area (Å²) in [5.74, 6) is 0. The zero-order chi connectivity index (χ0) is 18.2. The average molecular weight is 341 g/mol. The smallest absolute Gasteiger partial charge is 0.322 e. The van der Waals surface area contributed by atoms with Crippen LogP contribution in [0.15, 0.2) is 48.8 Å². The molecule has 5 heteroatoms. The average Bonchev–Trinajstić information content (AvgIpc) is 2.66. The quantitative estimate of drug-likeness (QED) is 0.787. The number of hydrogen-bond donors (Lipinski definition) is 1. The van der Waals surface area contributed by atoms with E-state index in [1.165, 1.54) is 0 Å². The monoisotopic (exact) mass is 341 g/mol. The first kappa shape index (κ1) is 18.9. The van der Waals surface area contributed by atoms with Crippen LogP contribution < -0.4 is 5.32 Å². The first-order valence-electron chi connectivity index (χ1n) is 8.71. The Morgan fingerprint density at radius 2 is 1.92 bits per heavy atom. The number of amides is 2. The van der Waals surface area contributed by atoms with Gasteiger partial charge in [0, 0.05) is 31.7 Å². The van der Waals surface area contributed by atoms with E-state index >= 15 is 0 Å². The molecule has 1 aromatic carbocycles. The van der Waals surface area contributed by atoms with Crippen LogP contribution in [-0.2, 0) is 4.74 Å². The number of rotatable bonds is 7. The molecule has 0 unspecified atom stereocenters. The van der Waals surface area contributed by atoms with Gasteiger partial charge in [-0.15, -0.1) is 0 Å². The highest BCUT2D eigenvalue weighted by atomic mass is 16.5. The van der Waals surface area contributed by atoms with Crippen LogP contribution in [0.3, 0.4) is 0 Å². The number of urea groups is 1. The Hall–Kier alpha value is -2.40. The normalized spacial score (nSPS) is 13.1. The lowest BCUT2D eigenvalue weighted by atomic mass is 10.0. The number of carbonyl (C=O) groups excluding carboxylic acids is 1. The van der Waals surface area contributed by atoms with Gasteiger partial charge in [0.25, 0.3) is 0 Å². The molecule has 0 saturated heterocycles. The van der Waals surface area contributed by atoms with Crippen LogP contribution in [-0.4, -0.2) is 29.6 Å². The van der Waals surface area contributed by atoms with Crippen LogP contribution in [0.25, 0.3) is 0 Å². The summed E-state index contributed by atoms with van der Waals surface area (Å²) in [6.45, 7) is 6.69. The maximum Gasteiger partial charge on any atom is 0.322 e. The van der Waals surface area contributed by atoms with E-state index < -0.39 is 0 Å². The Morgan fingerprint density at radius 3 is 2.52 bits per heavy atom. The standard InChI is InChI=1S/C20H27N3O2/c1-5-19(16-10-12-21-13-11-16)23(6-2)20(24)22-18-9-7-8-17(14-18)15(3)25-4/h7-15,19H,5-6H2,1-4H3,(H,22,24)/t15-,19+/m0/s1. The molecule has 1 aromatic heterocycles. The van der Waals surface area contributed by atoms with Crippen molar-refractivity contribution in [3.05, 3.63) is 59.9 Å². The number of aromatic nitrogens is 1. The van der Waals surface area contributed by atoms with Crippen LogP contribution in [0, 0.1) is 0 Å². The molecule has 0 aliphatic rings. The van der Waals surface area contributed by atoms with Crippen LogP contribution in [0.5, 0.6) is 0 Å². The van der Waals surface area contributed by atoms with E-state index in [0.29, 0.717) is 6.54 Å². The van der Waals surface area contributed by atoms with E-state index in [4.69, 9.17) is 4.74 Å². The maximum atomic E-state index is 12.8. The Kier molecular flexibility index (Phi) is 6.95. The fourth-order valence-electron chi connectivity index (χ4n) is 2.93. The number of carbonyl (C=O) groups is 1. The second-order valence-electron chi connectivity index (χ2n) is 5.92. The number of hydrogen-bond acceptors (Lipinski definition) is 3. The molecule has 1 N–H and O–H groups in total. The summed E-state index contributed by atoms with van der Waals surface area (Å²) < 4.78 is 5.35. The molecule has 0 radical (unpaired) electrons. The van der Waals surface area contributed by atoms with E-state index in [9.17, 15) is 4.79 Å². The first-order valence-corrected chi connectivity index (χ1v) is 8.71. The molecule has 0 aliphatic heterocycles. The highest BCUT2D eigenvalue weighted by molar-refractivity contribution is 5.89. The van der Waals surface area contributed by atoms with Crippen molar-refractivity contribution in [2.45, 2.75) is 39.3 Å². The fourth-order valence-corrected chi connectivity index (χ4v) is 2.93. The summed E-state index contributed by atoms with van der Waals surface area (Å²) in [6, 6.07) is 11.6. The van der Waals surface area contributed by atoms with Gasteiger partial charge in [-0.25, -0.2) is 4.79 Å². The molecule has 0 fully saturated rings. The number of benzene rings is 1. The lowest BCUT2D eigenvalue weighted by Gasteiger charge is -2.30. The highest BCUT2D eigenvalue weighted by Gasteiger charge is 2.22. The van der Waals surface area contributed by atoms with Gasteiger partial charge in [-0.1, -0.05) is 19.1 Å². The van der Waals surface area contributed by atoms with Gasteiger partial charge in [0.1, 0.15) is 0 Å². The predicted octanol–water partition coefficient (Wildman–Crippen LogP) is 4.79. The van der Waals surface area contributed by atoms with Crippen molar-refractivity contribution < 1.29 is 9.53 Å². The zero-order valence-electron chi connectivity index (χ0n) is 15.4. The van der Waals surface area contributed by atoms with Crippen molar-refractivity contribution in [3.8, 4) is 0 Å². The molecule has 2 atom stereocenters. The van der Waals surface area contributed by atoms with Crippen LogP contribution in [0.2, 0.25) is 0 Å². The second-order valence-corrected chi connectivity index (χ2v) is 5.92. The molecule has 0 aliphatic carbocycles. The van der Waals surface area contributed by atoms with E-state index in [0.717, 1.165) is 23.2 Å². The summed E-state index contributed by atoms with van der Waals surface area (Å²) in [6.07, 6.45) is 4.35. The lowest BCUT2D eigenvalue weighted by Crippen LogP contribution is -2.37. The van der Waals surface area contributed by atoms with Crippen LogP contribution in [0.1, 0.15) is 50.5 Å². The van der Waals surface area contributed by atoms with Crippen LogP contribution in [0.4, 0.5) is 10.5 Å². The number of pyridine rings is 1. The van der Waals surface area contributed by atoms with Crippen molar-refractivity contribution in [1.82, 2.24) is 9.88 Å². The van der Waals surface area contributed by atoms with Crippen molar-refractivity contribution in [1.29, 1.82) is 0 Å². The predicted molar refractivity (Wildman–Crippen MR) is 101 cm³/mol. The van der Waals surface area contributed by atoms with Crippen molar-refractivity contribution in [2.24, 2.45) is 0 Å². The summed E-state index contributed by atoms with van der Waals surface area (Å²) in [5.41, 5.74) is 2.90. The summed E-state index contributed by atoms with van der Waals surface area (Å²) in [5, 5.41) is 3.01. The van der Waals surface area contributed by atoms with Gasteiger partial charge >= 0.3 is 6.03 Å². The molecular weight excluding hydrogens is 314 g/mol. The third-order valence-electron chi connectivity index (χ3n) is 4.42. The maximum absolute atomic E-state index is 12.8. The Morgan fingerprint density at radius 1 is 1.20 bits per heavy atom. The Bertz CT molecular complexity index is 676. The minimum atomic E-state index is -0.103. The SMILES string of the molecule is CC[C@H](c1ccncc1)N(CC)C(=O)Nc1cccc([C@H](C)OC)c1. The molecule has 134 valence electrons. The highest BCUT2D eigenvalue weighted by Crippen LogP contribution is 2.25. The van der Waals surface area contributed by atoms with Gasteiger partial charge in [0.15, 0.2) is 0 Å². The first-order chi connectivity index (χ1) is 12.1. The fraction of sp³-hybridized carbons (Fsp3) is 0.400. The van der Waals surface area contributed by atoms with E-state index in [-0.39, 0.29) is 18.2 Å². The molecule has 5 nitrogen and oxygen atoms in total. The number of methoxy groups -OCH3 is 1. The van der Waals surface area contributed by atoms with Gasteiger partial charge < -0.3 is 15.0 Å². The minimum absolute atomic E-state index is 0.0145. The van der Waals surface area contributed by atoms with Gasteiger partial charge in [0.2, 0.25) is 0 Å². The molecule has 1 heterocycles. The molecule has 0 bridgehead atoms. The van der Waals surface area contributed by atoms with Gasteiger partial charge in [-0.05, 0) is 55.7 Å². The Labute approximate surface area is 150 Å². The van der Waals surface area contributed by atoms with Crippen LogP contribution >= 0.6 is 0 Å². The van der Waals surface area contributed by atoms with E-state index in [2.05, 4.69) is 17.2 Å². The second kappa shape index (κ2) is 9.18. The van der Waals surface area contributed by atoms with Gasteiger partial charge in [-0.2, -0.15) is 0 Å². The third kappa shape index (κ3) is 4.79. The lowest BCUT2D eigenvalue weighted by molar-refractivity contribution is 0.119. The van der Waals surface area contributed by atoms with E-state index in [1.807, 2.05) is 55.1 Å². The molecule has 25 heavy (non-hydrogen) atoms. The summed E-state index contributed by atoms with van der Waals surface area (Å²) in [7, 11) is 1.68. The molecule has 2 rings (SSSR count). The summed E-state index contributed by atoms with van der Waals surface area (Å²) in [4.78, 5) is 18.7. The topological polar surface area (TPSA) is 54.5 Å². The molecule has 0 spiro atoms. The van der Waals surface area contributed by atoms with Crippen molar-refractivity contribution in [2.75, 3.05) is 19.0 Å². The largest absolute Gasteiger partial charge is 0.377 e. The third-order valence-corrected chi connectivity index (χ3v) is 4.42. The van der Waals surface area contributed by atoms with Gasteiger partial charge in [-0.3, -0.25) is 4.98 Å². The Balaban J connectivity index is 2.17. The number of nitrogens with zero attached hydrogens (tertiary/aromatic N) is 2. The van der Waals surface area contributed by atoms with Crippen molar-refractivity contribution in [3.63, 3.8) is 0 Å². The van der Waals surface area contributed by atoms with E-state index in [1.54, 1.807) is 19.5 Å². The molecular formula is C20H27N3O2. The molecule has 2 aromatic rings. The zero-order valence-corrected chi connectivity index (χ0v) is 15.4. The summed E-state index contributed by atoms with van der Waals surface area (Å²) >= 11 is 0. The number of nitrogens with one attached hydrogen (secondary N) is 1. The van der Waals surface area contributed by atoms with Crippen molar-refractivity contribution >= 4 is 11.7 Å².